The highest BCUT2D eigenvalue weighted by Gasteiger charge is 2.17. The molecular weight excluding hydrogens is 300 g/mol. The minimum Gasteiger partial charge on any atom is -0.361 e. The van der Waals surface area contributed by atoms with Crippen molar-refractivity contribution < 1.29 is 9.32 Å². The van der Waals surface area contributed by atoms with E-state index in [4.69, 9.17) is 4.52 Å². The summed E-state index contributed by atoms with van der Waals surface area (Å²) < 4.78 is 5.03. The molecule has 3 aromatic rings. The van der Waals surface area contributed by atoms with E-state index in [9.17, 15) is 4.79 Å². The predicted molar refractivity (Wildman–Crippen MR) is 92.8 cm³/mol. The van der Waals surface area contributed by atoms with Crippen LogP contribution in [0.1, 0.15) is 32.9 Å². The second kappa shape index (κ2) is 6.84. The normalized spacial score (nSPS) is 9.92. The zero-order valence-corrected chi connectivity index (χ0v) is 13.5. The summed E-state index contributed by atoms with van der Waals surface area (Å²) in [5, 5.41) is 6.66. The molecule has 1 N–H and O–H groups in total. The number of aryl methyl sites for hydroxylation is 2. The number of carbonyl (C=O) groups is 1. The third-order valence-electron chi connectivity index (χ3n) is 3.51. The average molecular weight is 316 g/mol. The van der Waals surface area contributed by atoms with Crippen LogP contribution in [0.5, 0.6) is 0 Å². The lowest BCUT2D eigenvalue weighted by molar-refractivity contribution is 0.102. The molecule has 4 heteroatoms. The molecule has 0 aliphatic carbocycles. The molecule has 1 amide bonds. The number of anilines is 1. The van der Waals surface area contributed by atoms with Gasteiger partial charge in [0, 0.05) is 16.8 Å². The van der Waals surface area contributed by atoms with E-state index in [0.717, 1.165) is 11.1 Å². The van der Waals surface area contributed by atoms with Gasteiger partial charge in [0.05, 0.1) is 5.69 Å². The molecular formula is C20H16N2O2. The summed E-state index contributed by atoms with van der Waals surface area (Å²) >= 11 is 0. The number of carbonyl (C=O) groups excluding carboxylic acids is 1. The van der Waals surface area contributed by atoms with Crippen molar-refractivity contribution in [3.05, 3.63) is 82.7 Å². The molecule has 1 aromatic heterocycles. The molecule has 0 saturated heterocycles. The Labute approximate surface area is 140 Å². The van der Waals surface area contributed by atoms with Crippen LogP contribution in [-0.2, 0) is 0 Å². The number of nitrogens with zero attached hydrogens (tertiary/aromatic N) is 1. The second-order valence-electron chi connectivity index (χ2n) is 5.35. The number of hydrogen-bond acceptors (Lipinski definition) is 3. The number of hydrogen-bond donors (Lipinski definition) is 1. The molecule has 0 atom stereocenters. The molecule has 0 saturated carbocycles. The smallest absolute Gasteiger partial charge is 0.261 e. The molecule has 118 valence electrons. The van der Waals surface area contributed by atoms with Crippen molar-refractivity contribution in [1.29, 1.82) is 0 Å². The van der Waals surface area contributed by atoms with Crippen molar-refractivity contribution in [2.45, 2.75) is 13.8 Å². The highest BCUT2D eigenvalue weighted by Crippen LogP contribution is 2.16. The van der Waals surface area contributed by atoms with E-state index in [0.29, 0.717) is 22.7 Å². The van der Waals surface area contributed by atoms with Crippen molar-refractivity contribution in [2.24, 2.45) is 0 Å². The Morgan fingerprint density at radius 2 is 1.71 bits per heavy atom. The van der Waals surface area contributed by atoms with Gasteiger partial charge in [-0.25, -0.2) is 0 Å². The van der Waals surface area contributed by atoms with Gasteiger partial charge in [-0.1, -0.05) is 41.3 Å². The first kappa shape index (κ1) is 15.6. The van der Waals surface area contributed by atoms with E-state index in [1.54, 1.807) is 13.8 Å². The fraction of sp³-hybridized carbons (Fsp3) is 0.100. The maximum Gasteiger partial charge on any atom is 0.261 e. The van der Waals surface area contributed by atoms with Crippen molar-refractivity contribution in [3.63, 3.8) is 0 Å². The number of nitrogens with one attached hydrogen (secondary N) is 1. The van der Waals surface area contributed by atoms with E-state index < -0.39 is 0 Å². The molecule has 0 radical (unpaired) electrons. The molecule has 1 heterocycles. The second-order valence-corrected chi connectivity index (χ2v) is 5.35. The van der Waals surface area contributed by atoms with Gasteiger partial charge in [0.15, 0.2) is 0 Å². The van der Waals surface area contributed by atoms with E-state index >= 15 is 0 Å². The van der Waals surface area contributed by atoms with E-state index in [1.165, 1.54) is 0 Å². The molecule has 0 aliphatic heterocycles. The molecule has 3 rings (SSSR count). The van der Waals surface area contributed by atoms with Crippen molar-refractivity contribution >= 4 is 11.6 Å². The van der Waals surface area contributed by atoms with Crippen LogP contribution in [0.25, 0.3) is 0 Å². The Bertz CT molecular complexity index is 912. The van der Waals surface area contributed by atoms with Crippen LogP contribution in [-0.4, -0.2) is 11.1 Å². The lowest BCUT2D eigenvalue weighted by Gasteiger charge is -2.05. The summed E-state index contributed by atoms with van der Waals surface area (Å²) in [5.41, 5.74) is 3.50. The first-order valence-corrected chi connectivity index (χ1v) is 7.55. The third kappa shape index (κ3) is 3.53. The highest BCUT2D eigenvalue weighted by molar-refractivity contribution is 6.05. The fourth-order valence-electron chi connectivity index (χ4n) is 2.34. The van der Waals surface area contributed by atoms with Crippen molar-refractivity contribution in [3.8, 4) is 11.8 Å². The number of rotatable bonds is 2. The zero-order chi connectivity index (χ0) is 16.9. The fourth-order valence-corrected chi connectivity index (χ4v) is 2.34. The minimum atomic E-state index is -0.237. The number of amides is 1. The Morgan fingerprint density at radius 1 is 1.00 bits per heavy atom. The first-order chi connectivity index (χ1) is 11.6. The monoisotopic (exact) mass is 316 g/mol. The summed E-state index contributed by atoms with van der Waals surface area (Å²) in [6.45, 7) is 3.46. The topological polar surface area (TPSA) is 55.1 Å². The zero-order valence-electron chi connectivity index (χ0n) is 13.5. The van der Waals surface area contributed by atoms with Gasteiger partial charge in [-0.2, -0.15) is 0 Å². The van der Waals surface area contributed by atoms with Crippen LogP contribution in [0.4, 0.5) is 5.69 Å². The van der Waals surface area contributed by atoms with E-state index in [-0.39, 0.29) is 5.91 Å². The summed E-state index contributed by atoms with van der Waals surface area (Å²) in [4.78, 5) is 12.4. The standard InChI is InChI=1S/C20H16N2O2/c1-14-19(15(2)24-22-14)20(23)21-18-10-6-9-17(13-18)12-11-16-7-4-3-5-8-16/h3-10,13H,1-2H3,(H,21,23). The van der Waals surface area contributed by atoms with Gasteiger partial charge in [-0.15, -0.1) is 0 Å². The average Bonchev–Trinajstić information content (AvgIpc) is 2.93. The number of aromatic nitrogens is 1. The molecule has 0 bridgehead atoms. The van der Waals surface area contributed by atoms with Gasteiger partial charge < -0.3 is 9.84 Å². The maximum absolute atomic E-state index is 12.4. The maximum atomic E-state index is 12.4. The van der Waals surface area contributed by atoms with Crippen molar-refractivity contribution in [1.82, 2.24) is 5.16 Å². The Hall–Kier alpha value is -3.32. The van der Waals surface area contributed by atoms with Gasteiger partial charge in [0.2, 0.25) is 0 Å². The molecule has 0 unspecified atom stereocenters. The van der Waals surface area contributed by atoms with Gasteiger partial charge in [-0.3, -0.25) is 4.79 Å². The van der Waals surface area contributed by atoms with Crippen LogP contribution >= 0.6 is 0 Å². The SMILES string of the molecule is Cc1noc(C)c1C(=O)Nc1cccc(C#Cc2ccccc2)c1. The molecule has 2 aromatic carbocycles. The molecule has 4 nitrogen and oxygen atoms in total. The first-order valence-electron chi connectivity index (χ1n) is 7.55. The van der Waals surface area contributed by atoms with Gasteiger partial charge >= 0.3 is 0 Å². The lowest BCUT2D eigenvalue weighted by Crippen LogP contribution is -2.13. The molecule has 0 spiro atoms. The highest BCUT2D eigenvalue weighted by atomic mass is 16.5. The third-order valence-corrected chi connectivity index (χ3v) is 3.51. The largest absolute Gasteiger partial charge is 0.361 e. The summed E-state index contributed by atoms with van der Waals surface area (Å²) in [6, 6.07) is 17.2. The van der Waals surface area contributed by atoms with Gasteiger partial charge in [-0.05, 0) is 44.2 Å². The molecule has 24 heavy (non-hydrogen) atoms. The Kier molecular flexibility index (Phi) is 4.44. The van der Waals surface area contributed by atoms with Crippen LogP contribution in [0, 0.1) is 25.7 Å². The summed E-state index contributed by atoms with van der Waals surface area (Å²) in [5.74, 6) is 6.47. The van der Waals surface area contributed by atoms with Crippen molar-refractivity contribution in [2.75, 3.05) is 5.32 Å². The van der Waals surface area contributed by atoms with Crippen LogP contribution < -0.4 is 5.32 Å². The summed E-state index contributed by atoms with van der Waals surface area (Å²) in [7, 11) is 0. The van der Waals surface area contributed by atoms with Gasteiger partial charge in [0.25, 0.3) is 5.91 Å². The Balaban J connectivity index is 1.79. The summed E-state index contributed by atoms with van der Waals surface area (Å²) in [6.07, 6.45) is 0. The van der Waals surface area contributed by atoms with Crippen LogP contribution in [0.3, 0.4) is 0 Å². The molecule has 0 fully saturated rings. The van der Waals surface area contributed by atoms with Gasteiger partial charge in [0.1, 0.15) is 11.3 Å². The van der Waals surface area contributed by atoms with E-state index in [1.807, 2.05) is 54.6 Å². The predicted octanol–water partition coefficient (Wildman–Crippen LogP) is 3.94. The quantitative estimate of drug-likeness (QED) is 0.729. The van der Waals surface area contributed by atoms with E-state index in [2.05, 4.69) is 22.3 Å². The minimum absolute atomic E-state index is 0.237. The van der Waals surface area contributed by atoms with Crippen LogP contribution in [0.15, 0.2) is 59.1 Å². The lowest BCUT2D eigenvalue weighted by atomic mass is 10.1. The van der Waals surface area contributed by atoms with Crippen LogP contribution in [0.2, 0.25) is 0 Å². The number of benzene rings is 2. The Morgan fingerprint density at radius 3 is 2.42 bits per heavy atom. The molecule has 0 aliphatic rings.